The molecule has 0 bridgehead atoms. The third-order valence-corrected chi connectivity index (χ3v) is 4.10. The molecule has 2 aromatic carbocycles. The van der Waals surface area contributed by atoms with Gasteiger partial charge in [0.15, 0.2) is 0 Å². The van der Waals surface area contributed by atoms with Crippen LogP contribution in [0.25, 0.3) is 11.0 Å². The zero-order valence-electron chi connectivity index (χ0n) is 13.4. The average molecular weight is 311 g/mol. The Kier molecular flexibility index (Phi) is 3.90. The highest BCUT2D eigenvalue weighted by Crippen LogP contribution is 2.23. The van der Waals surface area contributed by atoms with Gasteiger partial charge < -0.3 is 9.73 Å². The lowest BCUT2D eigenvalue weighted by molar-refractivity contribution is 0.559. The molecule has 0 spiro atoms. The van der Waals surface area contributed by atoms with Crippen LogP contribution in [0.4, 0.5) is 10.1 Å². The summed E-state index contributed by atoms with van der Waals surface area (Å²) in [6.07, 6.45) is 0. The molecule has 1 N–H and O–H groups in total. The number of rotatable bonds is 3. The Morgan fingerprint density at radius 2 is 1.74 bits per heavy atom. The second kappa shape index (κ2) is 5.88. The maximum Gasteiger partial charge on any atom is 0.336 e. The Labute approximate surface area is 133 Å². The fourth-order valence-electron chi connectivity index (χ4n) is 2.53. The first-order valence-corrected chi connectivity index (χ1v) is 7.48. The van der Waals surface area contributed by atoms with Gasteiger partial charge in [-0.05, 0) is 67.3 Å². The van der Waals surface area contributed by atoms with Crippen molar-refractivity contribution in [2.24, 2.45) is 0 Å². The minimum absolute atomic E-state index is 0.251. The molecule has 0 saturated carbocycles. The third-order valence-electron chi connectivity index (χ3n) is 4.10. The molecular formula is C19H18FNO2. The topological polar surface area (TPSA) is 42.2 Å². The van der Waals surface area contributed by atoms with E-state index in [4.69, 9.17) is 4.42 Å². The monoisotopic (exact) mass is 311 g/mol. The standard InChI is InChI=1S/C19H18FNO2/c1-11-4-5-15(9-17(11)20)21-10-14-8-19(22)23-18-7-13(3)12(2)6-16(14)18/h4-9,21H,10H2,1-3H3. The molecule has 0 unspecified atom stereocenters. The van der Waals surface area contributed by atoms with Gasteiger partial charge in [-0.2, -0.15) is 0 Å². The highest BCUT2D eigenvalue weighted by molar-refractivity contribution is 5.82. The van der Waals surface area contributed by atoms with Crippen LogP contribution in [0, 0.1) is 26.6 Å². The van der Waals surface area contributed by atoms with Crippen molar-refractivity contribution in [1.82, 2.24) is 0 Å². The van der Waals surface area contributed by atoms with Crippen molar-refractivity contribution >= 4 is 16.7 Å². The van der Waals surface area contributed by atoms with Crippen molar-refractivity contribution < 1.29 is 8.81 Å². The number of fused-ring (bicyclic) bond motifs is 1. The lowest BCUT2D eigenvalue weighted by Crippen LogP contribution is -2.06. The summed E-state index contributed by atoms with van der Waals surface area (Å²) < 4.78 is 18.9. The van der Waals surface area contributed by atoms with E-state index in [1.807, 2.05) is 32.0 Å². The molecule has 3 aromatic rings. The molecule has 3 rings (SSSR count). The van der Waals surface area contributed by atoms with Gasteiger partial charge in [0, 0.05) is 23.7 Å². The summed E-state index contributed by atoms with van der Waals surface area (Å²) in [6, 6.07) is 10.4. The molecule has 0 aliphatic carbocycles. The fraction of sp³-hybridized carbons (Fsp3) is 0.211. The first-order valence-electron chi connectivity index (χ1n) is 7.48. The first kappa shape index (κ1) is 15.3. The molecule has 3 nitrogen and oxygen atoms in total. The molecule has 1 heterocycles. The summed E-state index contributed by atoms with van der Waals surface area (Å²) in [5.41, 5.74) is 4.52. The van der Waals surface area contributed by atoms with Crippen LogP contribution in [0.5, 0.6) is 0 Å². The molecule has 0 aliphatic heterocycles. The van der Waals surface area contributed by atoms with E-state index in [2.05, 4.69) is 5.32 Å². The maximum atomic E-state index is 13.6. The van der Waals surface area contributed by atoms with E-state index in [0.717, 1.165) is 22.1 Å². The van der Waals surface area contributed by atoms with E-state index >= 15 is 0 Å². The van der Waals surface area contributed by atoms with Crippen LogP contribution in [0.3, 0.4) is 0 Å². The quantitative estimate of drug-likeness (QED) is 0.726. The van der Waals surface area contributed by atoms with E-state index in [9.17, 15) is 9.18 Å². The molecule has 0 aliphatic rings. The zero-order valence-corrected chi connectivity index (χ0v) is 13.4. The SMILES string of the molecule is Cc1cc2oc(=O)cc(CNc3ccc(C)c(F)c3)c2cc1C. The number of anilines is 1. The van der Waals surface area contributed by atoms with Crippen LogP contribution in [0.15, 0.2) is 45.6 Å². The first-order chi connectivity index (χ1) is 10.9. The van der Waals surface area contributed by atoms with Gasteiger partial charge in [0.05, 0.1) is 0 Å². The smallest absolute Gasteiger partial charge is 0.336 e. The summed E-state index contributed by atoms with van der Waals surface area (Å²) in [4.78, 5) is 11.8. The van der Waals surface area contributed by atoms with Crippen molar-refractivity contribution in [2.45, 2.75) is 27.3 Å². The minimum Gasteiger partial charge on any atom is -0.423 e. The van der Waals surface area contributed by atoms with E-state index in [1.165, 1.54) is 12.1 Å². The largest absolute Gasteiger partial charge is 0.423 e. The Balaban J connectivity index is 1.97. The Hall–Kier alpha value is -2.62. The van der Waals surface area contributed by atoms with Gasteiger partial charge in [-0.25, -0.2) is 9.18 Å². The second-order valence-corrected chi connectivity index (χ2v) is 5.84. The Morgan fingerprint density at radius 1 is 1.00 bits per heavy atom. The van der Waals surface area contributed by atoms with E-state index in [1.54, 1.807) is 13.0 Å². The van der Waals surface area contributed by atoms with Crippen LogP contribution in [-0.4, -0.2) is 0 Å². The molecule has 0 radical (unpaired) electrons. The van der Waals surface area contributed by atoms with Gasteiger partial charge in [0.2, 0.25) is 0 Å². The van der Waals surface area contributed by atoms with Gasteiger partial charge in [-0.3, -0.25) is 0 Å². The molecule has 118 valence electrons. The van der Waals surface area contributed by atoms with E-state index in [0.29, 0.717) is 23.4 Å². The average Bonchev–Trinajstić information content (AvgIpc) is 2.50. The van der Waals surface area contributed by atoms with Crippen LogP contribution in [-0.2, 0) is 6.54 Å². The highest BCUT2D eigenvalue weighted by atomic mass is 19.1. The van der Waals surface area contributed by atoms with Crippen molar-refractivity contribution in [3.05, 3.63) is 74.9 Å². The predicted octanol–water partition coefficient (Wildman–Crippen LogP) is 4.47. The maximum absolute atomic E-state index is 13.6. The summed E-state index contributed by atoms with van der Waals surface area (Å²) >= 11 is 0. The zero-order chi connectivity index (χ0) is 16.6. The van der Waals surface area contributed by atoms with Crippen molar-refractivity contribution in [3.8, 4) is 0 Å². The van der Waals surface area contributed by atoms with Crippen LogP contribution >= 0.6 is 0 Å². The summed E-state index contributed by atoms with van der Waals surface area (Å²) in [7, 11) is 0. The second-order valence-electron chi connectivity index (χ2n) is 5.84. The number of hydrogen-bond acceptors (Lipinski definition) is 3. The Morgan fingerprint density at radius 3 is 2.48 bits per heavy atom. The Bertz CT molecular complexity index is 944. The number of halogens is 1. The van der Waals surface area contributed by atoms with Gasteiger partial charge in [0.1, 0.15) is 11.4 Å². The lowest BCUT2D eigenvalue weighted by atomic mass is 10.0. The summed E-state index contributed by atoms with van der Waals surface area (Å²) in [5, 5.41) is 4.06. The van der Waals surface area contributed by atoms with Gasteiger partial charge in [0.25, 0.3) is 0 Å². The molecular weight excluding hydrogens is 293 g/mol. The minimum atomic E-state index is -0.382. The van der Waals surface area contributed by atoms with Gasteiger partial charge >= 0.3 is 5.63 Å². The van der Waals surface area contributed by atoms with Crippen LogP contribution in [0.2, 0.25) is 0 Å². The van der Waals surface area contributed by atoms with Crippen LogP contribution < -0.4 is 10.9 Å². The molecule has 0 fully saturated rings. The fourth-order valence-corrected chi connectivity index (χ4v) is 2.53. The predicted molar refractivity (Wildman–Crippen MR) is 90.4 cm³/mol. The number of hydrogen-bond donors (Lipinski definition) is 1. The third kappa shape index (κ3) is 3.11. The molecule has 0 atom stereocenters. The van der Waals surface area contributed by atoms with Crippen LogP contribution in [0.1, 0.15) is 22.3 Å². The molecule has 23 heavy (non-hydrogen) atoms. The number of nitrogens with one attached hydrogen (secondary N) is 1. The summed E-state index contributed by atoms with van der Waals surface area (Å²) in [5.74, 6) is -0.251. The van der Waals surface area contributed by atoms with Gasteiger partial charge in [-0.1, -0.05) is 6.07 Å². The van der Waals surface area contributed by atoms with Crippen molar-refractivity contribution in [3.63, 3.8) is 0 Å². The highest BCUT2D eigenvalue weighted by Gasteiger charge is 2.08. The van der Waals surface area contributed by atoms with Gasteiger partial charge in [-0.15, -0.1) is 0 Å². The normalized spacial score (nSPS) is 11.0. The van der Waals surface area contributed by atoms with Crippen molar-refractivity contribution in [1.29, 1.82) is 0 Å². The van der Waals surface area contributed by atoms with E-state index < -0.39 is 0 Å². The number of benzene rings is 2. The molecule has 0 saturated heterocycles. The lowest BCUT2D eigenvalue weighted by Gasteiger charge is -2.11. The molecule has 0 amide bonds. The molecule has 1 aromatic heterocycles. The number of aryl methyl sites for hydroxylation is 3. The van der Waals surface area contributed by atoms with Crippen molar-refractivity contribution in [2.75, 3.05) is 5.32 Å². The van der Waals surface area contributed by atoms with E-state index in [-0.39, 0.29) is 11.4 Å². The summed E-state index contributed by atoms with van der Waals surface area (Å²) in [6.45, 7) is 6.15. The molecule has 4 heteroatoms.